The fourth-order valence-electron chi connectivity index (χ4n) is 2.04. The Kier molecular flexibility index (Phi) is 3.51. The fraction of sp³-hybridized carbons (Fsp3) is 0.286. The number of hydrogen-bond donors (Lipinski definition) is 2. The molecular weight excluding hydrogens is 298 g/mol. The van der Waals surface area contributed by atoms with Crippen LogP contribution in [0, 0.1) is 0 Å². The number of H-pyrrole nitrogens is 1. The first kappa shape index (κ1) is 13.3. The summed E-state index contributed by atoms with van der Waals surface area (Å²) in [4.78, 5) is 8.61. The van der Waals surface area contributed by atoms with Crippen LogP contribution in [0.25, 0.3) is 0 Å². The monoisotopic (exact) mass is 313 g/mol. The molecule has 0 bridgehead atoms. The minimum Gasteiger partial charge on any atom is -0.292 e. The molecule has 3 aromatic rings. The third-order valence-electron chi connectivity index (χ3n) is 3.34. The number of anilines is 2. The van der Waals surface area contributed by atoms with E-state index >= 15 is 0 Å². The van der Waals surface area contributed by atoms with Crippen LogP contribution in [0.3, 0.4) is 0 Å². The van der Waals surface area contributed by atoms with Crippen molar-refractivity contribution in [3.8, 4) is 0 Å². The second-order valence-electron chi connectivity index (χ2n) is 5.15. The lowest BCUT2D eigenvalue weighted by atomic mass is 10.2. The summed E-state index contributed by atoms with van der Waals surface area (Å²) in [6, 6.07) is 10.8. The smallest absolute Gasteiger partial charge is 0.248 e. The largest absolute Gasteiger partial charge is 0.292 e. The summed E-state index contributed by atoms with van der Waals surface area (Å²) in [6.45, 7) is 0. The van der Waals surface area contributed by atoms with Gasteiger partial charge in [-0.25, -0.2) is 14.8 Å². The predicted octanol–water partition coefficient (Wildman–Crippen LogP) is 2.77. The van der Waals surface area contributed by atoms with E-state index in [0.29, 0.717) is 23.1 Å². The van der Waals surface area contributed by atoms with Crippen molar-refractivity contribution in [1.82, 2.24) is 29.9 Å². The number of aromatic amines is 1. The Morgan fingerprint density at radius 2 is 2.14 bits per heavy atom. The van der Waals surface area contributed by atoms with Gasteiger partial charge in [-0.3, -0.25) is 5.32 Å². The van der Waals surface area contributed by atoms with E-state index in [1.54, 1.807) is 18.1 Å². The maximum Gasteiger partial charge on any atom is 0.248 e. The average Bonchev–Trinajstić information content (AvgIpc) is 3.14. The molecule has 1 fully saturated rings. The molecule has 0 amide bonds. The van der Waals surface area contributed by atoms with Gasteiger partial charge in [-0.05, 0) is 18.4 Å². The van der Waals surface area contributed by atoms with E-state index in [2.05, 4.69) is 42.7 Å². The van der Waals surface area contributed by atoms with E-state index in [-0.39, 0.29) is 0 Å². The van der Waals surface area contributed by atoms with E-state index in [4.69, 9.17) is 0 Å². The highest BCUT2D eigenvalue weighted by Gasteiger charge is 2.24. The van der Waals surface area contributed by atoms with Crippen molar-refractivity contribution in [2.45, 2.75) is 29.8 Å². The number of thioether (sulfide) groups is 1. The second-order valence-corrected chi connectivity index (χ2v) is 6.09. The standard InChI is InChI=1S/C14H15N7S/c1-2-4-10(5-3-1)8-22-14-17-13(18-19-14)16-12-15-9-21(20-12)11-6-7-11/h1-5,9,11H,6-8H2,(H2,16,17,18,19,20). The molecule has 8 heteroatoms. The molecule has 0 atom stereocenters. The molecule has 2 aromatic heterocycles. The van der Waals surface area contributed by atoms with Gasteiger partial charge < -0.3 is 0 Å². The molecular formula is C14H15N7S. The van der Waals surface area contributed by atoms with Gasteiger partial charge in [0, 0.05) is 5.75 Å². The van der Waals surface area contributed by atoms with E-state index < -0.39 is 0 Å². The highest BCUT2D eigenvalue weighted by molar-refractivity contribution is 7.98. The summed E-state index contributed by atoms with van der Waals surface area (Å²) in [5, 5.41) is 15.2. The van der Waals surface area contributed by atoms with Gasteiger partial charge in [0.25, 0.3) is 0 Å². The molecule has 1 aliphatic carbocycles. The molecule has 0 saturated heterocycles. The Morgan fingerprint density at radius 1 is 1.27 bits per heavy atom. The second kappa shape index (κ2) is 5.80. The van der Waals surface area contributed by atoms with Crippen molar-refractivity contribution >= 4 is 23.7 Å². The van der Waals surface area contributed by atoms with Crippen molar-refractivity contribution in [2.24, 2.45) is 0 Å². The van der Waals surface area contributed by atoms with Gasteiger partial charge in [-0.2, -0.15) is 4.98 Å². The molecule has 2 heterocycles. The van der Waals surface area contributed by atoms with Crippen LogP contribution in [0.2, 0.25) is 0 Å². The molecule has 1 aliphatic rings. The van der Waals surface area contributed by atoms with Gasteiger partial charge in [-0.15, -0.1) is 10.2 Å². The molecule has 0 aliphatic heterocycles. The first-order chi connectivity index (χ1) is 10.9. The summed E-state index contributed by atoms with van der Waals surface area (Å²) < 4.78 is 1.89. The number of nitrogens with zero attached hydrogens (tertiary/aromatic N) is 5. The molecule has 1 aromatic carbocycles. The Balaban J connectivity index is 1.36. The van der Waals surface area contributed by atoms with Crippen LogP contribution >= 0.6 is 11.8 Å². The first-order valence-electron chi connectivity index (χ1n) is 7.14. The van der Waals surface area contributed by atoms with E-state index in [9.17, 15) is 0 Å². The number of aromatic nitrogens is 6. The van der Waals surface area contributed by atoms with E-state index in [1.165, 1.54) is 18.4 Å². The number of nitrogens with one attached hydrogen (secondary N) is 2. The predicted molar refractivity (Wildman–Crippen MR) is 84.0 cm³/mol. The van der Waals surface area contributed by atoms with Gasteiger partial charge in [0.1, 0.15) is 6.33 Å². The minimum atomic E-state index is 0.523. The molecule has 0 unspecified atom stereocenters. The Morgan fingerprint density at radius 3 is 2.95 bits per heavy atom. The first-order valence-corrected chi connectivity index (χ1v) is 8.13. The van der Waals surface area contributed by atoms with Crippen molar-refractivity contribution < 1.29 is 0 Å². The fourth-order valence-corrected chi connectivity index (χ4v) is 2.80. The van der Waals surface area contributed by atoms with Crippen molar-refractivity contribution in [2.75, 3.05) is 5.32 Å². The van der Waals surface area contributed by atoms with Crippen LogP contribution in [0.15, 0.2) is 41.8 Å². The van der Waals surface area contributed by atoms with Crippen molar-refractivity contribution in [3.63, 3.8) is 0 Å². The zero-order chi connectivity index (χ0) is 14.8. The molecule has 112 valence electrons. The van der Waals surface area contributed by atoms with Gasteiger partial charge in [0.05, 0.1) is 6.04 Å². The van der Waals surface area contributed by atoms with Gasteiger partial charge in [0.15, 0.2) is 0 Å². The molecule has 22 heavy (non-hydrogen) atoms. The number of hydrogen-bond acceptors (Lipinski definition) is 6. The molecule has 7 nitrogen and oxygen atoms in total. The summed E-state index contributed by atoms with van der Waals surface area (Å²) in [7, 11) is 0. The molecule has 4 rings (SSSR count). The third-order valence-corrected chi connectivity index (χ3v) is 4.25. The zero-order valence-electron chi connectivity index (χ0n) is 11.8. The molecule has 0 radical (unpaired) electrons. The molecule has 0 spiro atoms. The minimum absolute atomic E-state index is 0.523. The summed E-state index contributed by atoms with van der Waals surface area (Å²) in [5.41, 5.74) is 1.25. The topological polar surface area (TPSA) is 84.3 Å². The maximum atomic E-state index is 4.39. The quantitative estimate of drug-likeness (QED) is 0.681. The van der Waals surface area contributed by atoms with Crippen LogP contribution in [-0.4, -0.2) is 29.9 Å². The SMILES string of the molecule is c1ccc(CSc2n[nH]c(Nc3ncn(C4CC4)n3)n2)cc1. The van der Waals surface area contributed by atoms with Crippen LogP contribution < -0.4 is 5.32 Å². The summed E-state index contributed by atoms with van der Waals surface area (Å²) in [6.07, 6.45) is 4.12. The lowest BCUT2D eigenvalue weighted by Crippen LogP contribution is -1.98. The van der Waals surface area contributed by atoms with Crippen LogP contribution in [0.5, 0.6) is 0 Å². The van der Waals surface area contributed by atoms with Gasteiger partial charge in [-0.1, -0.05) is 42.1 Å². The Bertz CT molecular complexity index is 747. The Labute approximate surface area is 131 Å². The zero-order valence-corrected chi connectivity index (χ0v) is 12.6. The highest BCUT2D eigenvalue weighted by atomic mass is 32.2. The summed E-state index contributed by atoms with van der Waals surface area (Å²) in [5.74, 6) is 1.94. The van der Waals surface area contributed by atoms with Crippen molar-refractivity contribution in [3.05, 3.63) is 42.2 Å². The summed E-state index contributed by atoms with van der Waals surface area (Å²) >= 11 is 1.59. The molecule has 1 saturated carbocycles. The normalized spacial score (nSPS) is 14.2. The van der Waals surface area contributed by atoms with Crippen LogP contribution in [-0.2, 0) is 5.75 Å². The van der Waals surface area contributed by atoms with Crippen LogP contribution in [0.1, 0.15) is 24.4 Å². The van der Waals surface area contributed by atoms with Crippen LogP contribution in [0.4, 0.5) is 11.9 Å². The van der Waals surface area contributed by atoms with E-state index in [1.807, 2.05) is 22.9 Å². The van der Waals surface area contributed by atoms with E-state index in [0.717, 1.165) is 5.75 Å². The highest BCUT2D eigenvalue weighted by Crippen LogP contribution is 2.33. The number of benzene rings is 1. The van der Waals surface area contributed by atoms with Gasteiger partial charge >= 0.3 is 0 Å². The lowest BCUT2D eigenvalue weighted by molar-refractivity contribution is 0.641. The lowest BCUT2D eigenvalue weighted by Gasteiger charge is -1.97. The Hall–Kier alpha value is -2.35. The van der Waals surface area contributed by atoms with Crippen molar-refractivity contribution in [1.29, 1.82) is 0 Å². The maximum absolute atomic E-state index is 4.39. The third kappa shape index (κ3) is 3.11. The van der Waals surface area contributed by atoms with Gasteiger partial charge in [0.2, 0.25) is 17.1 Å². The average molecular weight is 313 g/mol. The number of rotatable bonds is 6. The molecule has 2 N–H and O–H groups in total.